The van der Waals surface area contributed by atoms with Gasteiger partial charge in [0.05, 0.1) is 0 Å². The maximum absolute atomic E-state index is 13.0. The molecule has 0 spiro atoms. The molecular weight excluding hydrogens is 651 g/mol. The number of aromatic nitrogens is 4. The van der Waals surface area contributed by atoms with E-state index in [0.717, 1.165) is 23.1 Å². The number of nitrogens with two attached hydrogens (primary N) is 3. The Hall–Kier alpha value is -2.22. The second-order valence-electron chi connectivity index (χ2n) is 8.38. The summed E-state index contributed by atoms with van der Waals surface area (Å²) in [6, 6.07) is -0.850. The minimum absolute atomic E-state index is 0. The number of carboxylic acids is 1. The second-order valence-corrected chi connectivity index (χ2v) is 11.3. The fraction of sp³-hybridized carbons (Fsp3) is 0.526. The number of aryl methyl sites for hydroxylation is 1. The van der Waals surface area contributed by atoms with Gasteiger partial charge in [-0.05, 0) is 19.9 Å². The van der Waals surface area contributed by atoms with E-state index in [9.17, 15) is 19.5 Å². The zero-order valence-electron chi connectivity index (χ0n) is 20.9. The van der Waals surface area contributed by atoms with Crippen molar-refractivity contribution in [3.8, 4) is 0 Å². The minimum atomic E-state index is -1.22. The lowest BCUT2D eigenvalue weighted by atomic mass is 9.89. The van der Waals surface area contributed by atoms with Gasteiger partial charge in [0.1, 0.15) is 35.0 Å². The number of fused-ring (bicyclic) bond motifs is 1. The molecule has 8 N–H and O–H groups in total. The molecule has 0 aromatic carbocycles. The van der Waals surface area contributed by atoms with Crippen LogP contribution in [0, 0.1) is 12.3 Å². The molecule has 0 radical (unpaired) electrons. The first-order valence-corrected chi connectivity index (χ1v) is 14.0. The number of amides is 2. The van der Waals surface area contributed by atoms with Gasteiger partial charge in [0.2, 0.25) is 11.1 Å². The number of aliphatic carboxylic acids is 1. The van der Waals surface area contributed by atoms with Crippen LogP contribution in [-0.4, -0.2) is 96.0 Å². The van der Waals surface area contributed by atoms with Crippen molar-refractivity contribution in [3.05, 3.63) is 16.9 Å². The van der Waals surface area contributed by atoms with Crippen LogP contribution in [0.15, 0.2) is 15.7 Å². The molecule has 2 unspecified atom stereocenters. The van der Waals surface area contributed by atoms with Crippen LogP contribution in [0.1, 0.15) is 17.9 Å². The van der Waals surface area contributed by atoms with Crippen LogP contribution < -0.4 is 22.6 Å². The Morgan fingerprint density at radius 1 is 1.35 bits per heavy atom. The highest BCUT2D eigenvalue weighted by Gasteiger charge is 2.57. The Morgan fingerprint density at radius 2 is 2.08 bits per heavy atom. The summed E-state index contributed by atoms with van der Waals surface area (Å²) in [6.07, 6.45) is 0.541. The Bertz CT molecular complexity index is 1230. The number of carbonyl (C=O) groups excluding carboxylic acids is 2. The predicted molar refractivity (Wildman–Crippen MR) is 160 cm³/mol. The van der Waals surface area contributed by atoms with Gasteiger partial charge >= 0.3 is 5.97 Å². The van der Waals surface area contributed by atoms with Crippen molar-refractivity contribution in [2.24, 2.45) is 16.3 Å². The quantitative estimate of drug-likeness (QED) is 0.0524. The third-order valence-electron chi connectivity index (χ3n) is 5.77. The van der Waals surface area contributed by atoms with Gasteiger partial charge in [-0.2, -0.15) is 0 Å². The normalized spacial score (nSPS) is 21.6. The zero-order valence-corrected chi connectivity index (χ0v) is 25.8. The molecule has 0 saturated carbocycles. The van der Waals surface area contributed by atoms with Crippen LogP contribution in [0.2, 0.25) is 0 Å². The van der Waals surface area contributed by atoms with E-state index < -0.39 is 28.7 Å². The number of hydrogen-bond donors (Lipinski definition) is 5. The number of oxime groups is 1. The summed E-state index contributed by atoms with van der Waals surface area (Å²) in [5.41, 5.74) is 10.0. The molecule has 2 aromatic heterocycles. The largest absolute Gasteiger partial charge is 0.481 e. The molecule has 21 heteroatoms. The number of hydrogen-bond acceptors (Lipinski definition) is 14. The molecule has 2 aliphatic rings. The highest BCUT2D eigenvalue weighted by atomic mass is 35.5. The SMILES string of the molecule is Cc1nnc(SCC2(C(=O)O)CS[C@@H]3C(NC(=O)C(=NOCCCN)c4csc(N)n4)C(=O)N3C2)n1N.Cl.Cl.Cl. The smallest absolute Gasteiger partial charge is 0.313 e. The van der Waals surface area contributed by atoms with Gasteiger partial charge in [-0.3, -0.25) is 14.4 Å². The fourth-order valence-corrected chi connectivity index (χ4v) is 6.94. The number of halogens is 3. The van der Waals surface area contributed by atoms with Gasteiger partial charge in [-0.25, -0.2) is 9.66 Å². The highest BCUT2D eigenvalue weighted by molar-refractivity contribution is 8.00. The Balaban J connectivity index is 0.00000267. The molecule has 2 fully saturated rings. The summed E-state index contributed by atoms with van der Waals surface area (Å²) >= 11 is 3.59. The zero-order chi connectivity index (χ0) is 26.7. The number of nitrogens with zero attached hydrogens (tertiary/aromatic N) is 6. The van der Waals surface area contributed by atoms with E-state index in [1.54, 1.807) is 12.3 Å². The number of nitrogen functional groups attached to an aromatic ring is 2. The van der Waals surface area contributed by atoms with Crippen molar-refractivity contribution < 1.29 is 24.3 Å². The monoisotopic (exact) mass is 678 g/mol. The number of thiazole rings is 1. The standard InChI is InChI=1S/C19H26N10O5S3.3ClH/c1-9-25-26-18(29(9)22)37-8-19(16(32)33)6-28-14(31)12(15(28)36-7-19)24-13(30)11(27-34-4-2-3-20)10-5-35-17(21)23-10;;;/h5,12,15H,2-4,6-8,20,22H2,1H3,(H2,21,23)(H,24,30)(H,32,33);3*1H/t12?,15-,19?;;;/m1.../s1. The van der Waals surface area contributed by atoms with Crippen molar-refractivity contribution in [1.82, 2.24) is 30.1 Å². The van der Waals surface area contributed by atoms with Gasteiger partial charge in [-0.15, -0.1) is 70.5 Å². The average Bonchev–Trinajstić information content (AvgIpc) is 3.45. The van der Waals surface area contributed by atoms with Crippen LogP contribution in [0.3, 0.4) is 0 Å². The number of rotatable bonds is 11. The third-order valence-corrected chi connectivity index (χ3v) is 9.27. The predicted octanol–water partition coefficient (Wildman–Crippen LogP) is -0.0629. The Morgan fingerprint density at radius 3 is 2.65 bits per heavy atom. The van der Waals surface area contributed by atoms with Crippen molar-refractivity contribution in [1.29, 1.82) is 0 Å². The molecule has 2 aromatic rings. The summed E-state index contributed by atoms with van der Waals surface area (Å²) in [7, 11) is 0. The van der Waals surface area contributed by atoms with Crippen molar-refractivity contribution in [2.75, 3.05) is 42.8 Å². The third kappa shape index (κ3) is 7.34. The molecule has 3 atom stereocenters. The molecule has 4 heterocycles. The minimum Gasteiger partial charge on any atom is -0.481 e. The van der Waals surface area contributed by atoms with Crippen LogP contribution in [0.25, 0.3) is 0 Å². The molecule has 2 amide bonds. The van der Waals surface area contributed by atoms with Gasteiger partial charge in [-0.1, -0.05) is 16.9 Å². The lowest BCUT2D eigenvalue weighted by Crippen LogP contribution is -2.74. The van der Waals surface area contributed by atoms with Gasteiger partial charge in [0.25, 0.3) is 5.91 Å². The first-order valence-electron chi connectivity index (χ1n) is 11.0. The summed E-state index contributed by atoms with van der Waals surface area (Å²) in [6.45, 7) is 2.27. The van der Waals surface area contributed by atoms with E-state index in [1.165, 1.54) is 21.3 Å². The van der Waals surface area contributed by atoms with Crippen LogP contribution >= 0.6 is 72.1 Å². The molecule has 0 bridgehead atoms. The number of nitrogens with one attached hydrogen (secondary N) is 1. The summed E-state index contributed by atoms with van der Waals surface area (Å²) in [5, 5.41) is 26.2. The highest BCUT2D eigenvalue weighted by Crippen LogP contribution is 2.44. The molecule has 40 heavy (non-hydrogen) atoms. The second kappa shape index (κ2) is 15.1. The van der Waals surface area contributed by atoms with E-state index in [4.69, 9.17) is 22.1 Å². The van der Waals surface area contributed by atoms with Crippen molar-refractivity contribution in [3.63, 3.8) is 0 Å². The van der Waals surface area contributed by atoms with E-state index in [-0.39, 0.29) is 84.3 Å². The molecule has 0 aliphatic carbocycles. The van der Waals surface area contributed by atoms with E-state index in [2.05, 4.69) is 25.7 Å². The number of thioether (sulfide) groups is 2. The van der Waals surface area contributed by atoms with Crippen LogP contribution in [0.4, 0.5) is 5.13 Å². The van der Waals surface area contributed by atoms with E-state index in [0.29, 0.717) is 23.9 Å². The summed E-state index contributed by atoms with van der Waals surface area (Å²) in [5.74, 6) is 4.66. The van der Waals surface area contributed by atoms with Crippen molar-refractivity contribution >= 4 is 101 Å². The average molecular weight is 680 g/mol. The lowest BCUT2D eigenvalue weighted by Gasteiger charge is -2.53. The maximum atomic E-state index is 13.0. The lowest BCUT2D eigenvalue weighted by molar-refractivity contribution is -0.157. The molecule has 224 valence electrons. The Kier molecular flexibility index (Phi) is 13.5. The number of carbonyl (C=O) groups is 3. The maximum Gasteiger partial charge on any atom is 0.313 e. The first-order chi connectivity index (χ1) is 17.7. The summed E-state index contributed by atoms with van der Waals surface area (Å²) < 4.78 is 1.29. The summed E-state index contributed by atoms with van der Waals surface area (Å²) in [4.78, 5) is 49.0. The van der Waals surface area contributed by atoms with E-state index >= 15 is 0 Å². The topological polar surface area (TPSA) is 230 Å². The molecule has 15 nitrogen and oxygen atoms in total. The van der Waals surface area contributed by atoms with Crippen molar-refractivity contribution in [2.45, 2.75) is 29.9 Å². The number of β-lactam (4-membered cyclic amide) rings is 1. The molecular formula is C19H29Cl3N10O5S3. The van der Waals surface area contributed by atoms with E-state index in [1.807, 2.05) is 0 Å². The van der Waals surface area contributed by atoms with Crippen LogP contribution in [0.5, 0.6) is 0 Å². The van der Waals surface area contributed by atoms with Gasteiger partial charge < -0.3 is 37.5 Å². The number of carboxylic acid groups (broad SMARTS) is 1. The molecule has 4 rings (SSSR count). The van der Waals surface area contributed by atoms with Crippen LogP contribution in [-0.2, 0) is 19.2 Å². The molecule has 2 aliphatic heterocycles. The van der Waals surface area contributed by atoms with Gasteiger partial charge in [0, 0.05) is 23.4 Å². The van der Waals surface area contributed by atoms with Gasteiger partial charge in [0.15, 0.2) is 10.8 Å². The molecule has 2 saturated heterocycles. The Labute approximate surface area is 260 Å². The number of anilines is 1. The fourth-order valence-electron chi connectivity index (χ4n) is 3.63. The first kappa shape index (κ1) is 35.8.